The molecule has 0 saturated carbocycles. The largest absolute Gasteiger partial charge is 0.464 e. The van der Waals surface area contributed by atoms with Gasteiger partial charge in [0.1, 0.15) is 16.9 Å². The number of thioether (sulfide) groups is 1. The number of pyridine rings is 1. The van der Waals surface area contributed by atoms with Crippen LogP contribution in [0.15, 0.2) is 52.1 Å². The van der Waals surface area contributed by atoms with Crippen LogP contribution < -0.4 is 10.2 Å². The summed E-state index contributed by atoms with van der Waals surface area (Å²) in [6.45, 7) is 3.21. The average Bonchev–Trinajstić information content (AvgIpc) is 3.42. The van der Waals surface area contributed by atoms with Gasteiger partial charge in [0.15, 0.2) is 0 Å². The molecule has 1 amide bonds. The SMILES string of the molecule is Cl.N#Cc1c(SCC(=O)Nc2ccc(N3CCOCC3)cc2)nc2c(c1-c1ccco1)CCCC2. The molecule has 0 unspecified atom stereocenters. The van der Waals surface area contributed by atoms with Crippen LogP contribution in [0.4, 0.5) is 11.4 Å². The summed E-state index contributed by atoms with van der Waals surface area (Å²) in [6, 6.07) is 13.9. The molecule has 7 nitrogen and oxygen atoms in total. The van der Waals surface area contributed by atoms with Crippen LogP contribution in [0.25, 0.3) is 11.3 Å². The predicted molar refractivity (Wildman–Crippen MR) is 139 cm³/mol. The van der Waals surface area contributed by atoms with Crippen LogP contribution in [-0.4, -0.2) is 42.9 Å². The second kappa shape index (κ2) is 11.6. The normalized spacial score (nSPS) is 15.0. The fourth-order valence-corrected chi connectivity index (χ4v) is 5.33. The van der Waals surface area contributed by atoms with E-state index in [0.29, 0.717) is 16.3 Å². The predicted octanol–water partition coefficient (Wildman–Crippen LogP) is 5.08. The Balaban J connectivity index is 0.00000289. The van der Waals surface area contributed by atoms with E-state index in [9.17, 15) is 10.1 Å². The Labute approximate surface area is 215 Å². The summed E-state index contributed by atoms with van der Waals surface area (Å²) in [6.07, 6.45) is 5.54. The maximum Gasteiger partial charge on any atom is 0.234 e. The minimum Gasteiger partial charge on any atom is -0.464 e. The zero-order valence-corrected chi connectivity index (χ0v) is 20.9. The number of hydrogen-bond donors (Lipinski definition) is 1. The number of carbonyl (C=O) groups excluding carboxylic acids is 1. The van der Waals surface area contributed by atoms with Gasteiger partial charge in [-0.15, -0.1) is 12.4 Å². The third kappa shape index (κ3) is 5.64. The molecule has 1 aromatic carbocycles. The smallest absolute Gasteiger partial charge is 0.234 e. The Bertz CT molecular complexity index is 1200. The van der Waals surface area contributed by atoms with Gasteiger partial charge < -0.3 is 19.4 Å². The van der Waals surface area contributed by atoms with E-state index in [-0.39, 0.29) is 24.1 Å². The minimum absolute atomic E-state index is 0. The first-order valence-electron chi connectivity index (χ1n) is 11.6. The van der Waals surface area contributed by atoms with Gasteiger partial charge in [0, 0.05) is 35.7 Å². The molecule has 0 atom stereocenters. The maximum absolute atomic E-state index is 12.7. The maximum atomic E-state index is 12.7. The van der Waals surface area contributed by atoms with Gasteiger partial charge in [-0.3, -0.25) is 4.79 Å². The van der Waals surface area contributed by atoms with E-state index in [1.807, 2.05) is 36.4 Å². The van der Waals surface area contributed by atoms with Crippen LogP contribution in [0.5, 0.6) is 0 Å². The number of furan rings is 1. The second-order valence-electron chi connectivity index (χ2n) is 8.37. The number of nitriles is 1. The lowest BCUT2D eigenvalue weighted by Gasteiger charge is -2.28. The fraction of sp³-hybridized carbons (Fsp3) is 0.346. The summed E-state index contributed by atoms with van der Waals surface area (Å²) in [7, 11) is 0. The average molecular weight is 511 g/mol. The van der Waals surface area contributed by atoms with Crippen LogP contribution in [0.1, 0.15) is 29.7 Å². The summed E-state index contributed by atoms with van der Waals surface area (Å²) < 4.78 is 11.1. The van der Waals surface area contributed by atoms with Gasteiger partial charge in [-0.05, 0) is 67.6 Å². The lowest BCUT2D eigenvalue weighted by atomic mass is 9.89. The number of ether oxygens (including phenoxy) is 1. The van der Waals surface area contributed by atoms with Crippen LogP contribution in [0.2, 0.25) is 0 Å². The van der Waals surface area contributed by atoms with Gasteiger partial charge in [0.25, 0.3) is 0 Å². The van der Waals surface area contributed by atoms with Gasteiger partial charge in [0.2, 0.25) is 5.91 Å². The Kier molecular flexibility index (Phi) is 8.34. The molecule has 9 heteroatoms. The van der Waals surface area contributed by atoms with Crippen molar-refractivity contribution in [2.75, 3.05) is 42.3 Å². The van der Waals surface area contributed by atoms with E-state index in [0.717, 1.165) is 80.2 Å². The third-order valence-electron chi connectivity index (χ3n) is 6.19. The van der Waals surface area contributed by atoms with Crippen LogP contribution in [0.3, 0.4) is 0 Å². The van der Waals surface area contributed by atoms with Gasteiger partial charge >= 0.3 is 0 Å². The number of halogens is 1. The Morgan fingerprint density at radius 1 is 1.14 bits per heavy atom. The molecule has 1 N–H and O–H groups in total. The first-order valence-corrected chi connectivity index (χ1v) is 12.6. The fourth-order valence-electron chi connectivity index (χ4n) is 4.53. The number of hydrogen-bond acceptors (Lipinski definition) is 7. The monoisotopic (exact) mass is 510 g/mol. The van der Waals surface area contributed by atoms with Crippen molar-refractivity contribution in [2.24, 2.45) is 0 Å². The molecule has 5 rings (SSSR count). The van der Waals surface area contributed by atoms with E-state index < -0.39 is 0 Å². The summed E-state index contributed by atoms with van der Waals surface area (Å²) in [5.74, 6) is 0.722. The third-order valence-corrected chi connectivity index (χ3v) is 7.16. The van der Waals surface area contributed by atoms with Crippen LogP contribution in [-0.2, 0) is 22.4 Å². The zero-order valence-electron chi connectivity index (χ0n) is 19.3. The molecular formula is C26H27ClN4O3S. The van der Waals surface area contributed by atoms with Crippen molar-refractivity contribution in [3.05, 3.63) is 59.5 Å². The topological polar surface area (TPSA) is 91.4 Å². The van der Waals surface area contributed by atoms with Crippen LogP contribution >= 0.6 is 24.2 Å². The summed E-state index contributed by atoms with van der Waals surface area (Å²) in [5, 5.41) is 13.5. The number of anilines is 2. The van der Waals surface area contributed by atoms with Gasteiger partial charge in [0.05, 0.1) is 30.8 Å². The molecule has 3 aromatic rings. The van der Waals surface area contributed by atoms with E-state index in [2.05, 4.69) is 16.3 Å². The zero-order chi connectivity index (χ0) is 23.3. The Hall–Kier alpha value is -2.99. The van der Waals surface area contributed by atoms with E-state index in [1.165, 1.54) is 11.8 Å². The van der Waals surface area contributed by atoms with Gasteiger partial charge in [-0.1, -0.05) is 11.8 Å². The van der Waals surface area contributed by atoms with Gasteiger partial charge in [-0.2, -0.15) is 5.26 Å². The highest BCUT2D eigenvalue weighted by molar-refractivity contribution is 8.00. The van der Waals surface area contributed by atoms with Gasteiger partial charge in [-0.25, -0.2) is 4.98 Å². The van der Waals surface area contributed by atoms with Crippen molar-refractivity contribution in [2.45, 2.75) is 30.7 Å². The lowest BCUT2D eigenvalue weighted by molar-refractivity contribution is -0.113. The summed E-state index contributed by atoms with van der Waals surface area (Å²) in [5.41, 5.74) is 5.31. The highest BCUT2D eigenvalue weighted by Gasteiger charge is 2.25. The number of aryl methyl sites for hydroxylation is 1. The highest BCUT2D eigenvalue weighted by Crippen LogP contribution is 2.38. The molecule has 1 aliphatic heterocycles. The lowest BCUT2D eigenvalue weighted by Crippen LogP contribution is -2.36. The molecule has 1 aliphatic carbocycles. The van der Waals surface area contributed by atoms with Crippen molar-refractivity contribution in [3.63, 3.8) is 0 Å². The van der Waals surface area contributed by atoms with Crippen LogP contribution in [0, 0.1) is 11.3 Å². The number of benzene rings is 1. The van der Waals surface area contributed by atoms with Crippen molar-refractivity contribution >= 4 is 41.5 Å². The van der Waals surface area contributed by atoms with Crippen molar-refractivity contribution in [3.8, 4) is 17.4 Å². The summed E-state index contributed by atoms with van der Waals surface area (Å²) >= 11 is 1.30. The molecule has 0 bridgehead atoms. The molecule has 182 valence electrons. The number of fused-ring (bicyclic) bond motifs is 1. The molecule has 2 aromatic heterocycles. The number of nitrogens with zero attached hydrogens (tertiary/aromatic N) is 3. The number of aromatic nitrogens is 1. The highest BCUT2D eigenvalue weighted by atomic mass is 35.5. The minimum atomic E-state index is -0.132. The molecule has 0 spiro atoms. The molecular weight excluding hydrogens is 484 g/mol. The first kappa shape index (κ1) is 25.1. The number of nitrogens with one attached hydrogen (secondary N) is 1. The second-order valence-corrected chi connectivity index (χ2v) is 9.34. The van der Waals surface area contributed by atoms with E-state index in [1.54, 1.807) is 6.26 Å². The first-order chi connectivity index (χ1) is 16.7. The van der Waals surface area contributed by atoms with E-state index >= 15 is 0 Å². The van der Waals surface area contributed by atoms with Crippen molar-refractivity contribution < 1.29 is 13.9 Å². The molecule has 2 aliphatic rings. The molecule has 1 fully saturated rings. The standard InChI is InChI=1S/C26H26N4O3S.ClH/c27-16-21-25(23-6-3-13-33-23)20-4-1-2-5-22(20)29-26(21)34-17-24(31)28-18-7-9-19(10-8-18)30-11-14-32-15-12-30;/h3,6-10,13H,1-2,4-5,11-12,14-15,17H2,(H,28,31);1H. The van der Waals surface area contributed by atoms with Crippen molar-refractivity contribution in [1.82, 2.24) is 4.98 Å². The molecule has 3 heterocycles. The Morgan fingerprint density at radius 3 is 2.63 bits per heavy atom. The molecule has 1 saturated heterocycles. The summed E-state index contributed by atoms with van der Waals surface area (Å²) in [4.78, 5) is 19.8. The van der Waals surface area contributed by atoms with Crippen molar-refractivity contribution in [1.29, 1.82) is 5.26 Å². The number of rotatable bonds is 6. The quantitative estimate of drug-likeness (QED) is 0.462. The number of carbonyl (C=O) groups is 1. The molecule has 0 radical (unpaired) electrons. The molecule has 35 heavy (non-hydrogen) atoms. The number of amides is 1. The van der Waals surface area contributed by atoms with E-state index in [4.69, 9.17) is 14.1 Å². The number of morpholine rings is 1. The Morgan fingerprint density at radius 2 is 1.91 bits per heavy atom.